The maximum atomic E-state index is 11.8. The van der Waals surface area contributed by atoms with Crippen molar-refractivity contribution in [2.24, 2.45) is 0 Å². The van der Waals surface area contributed by atoms with Gasteiger partial charge in [-0.2, -0.15) is 0 Å². The van der Waals surface area contributed by atoms with E-state index in [1.54, 1.807) is 24.3 Å². The molecule has 0 saturated heterocycles. The largest absolute Gasteiger partial charge is 0.395 e. The maximum Gasteiger partial charge on any atom is 0.313 e. The number of rotatable bonds is 5. The molecular weight excluding hydrogens is 272 g/mol. The SMILES string of the molecule is O=C(Nc1ccccc1Cl)C(=O)N(CCO)CCO. The molecule has 0 atom stereocenters. The predicted molar refractivity (Wildman–Crippen MR) is 70.8 cm³/mol. The lowest BCUT2D eigenvalue weighted by Crippen LogP contribution is -2.42. The molecule has 0 radical (unpaired) electrons. The van der Waals surface area contributed by atoms with E-state index in [0.717, 1.165) is 4.90 Å². The Labute approximate surface area is 115 Å². The van der Waals surface area contributed by atoms with Crippen LogP contribution < -0.4 is 5.32 Å². The molecule has 0 aliphatic carbocycles. The fourth-order valence-corrected chi connectivity index (χ4v) is 1.62. The van der Waals surface area contributed by atoms with E-state index in [-0.39, 0.29) is 26.3 Å². The highest BCUT2D eigenvalue weighted by atomic mass is 35.5. The quantitative estimate of drug-likeness (QED) is 0.669. The Bertz CT molecular complexity index is 447. The van der Waals surface area contributed by atoms with Crippen molar-refractivity contribution >= 4 is 29.1 Å². The van der Waals surface area contributed by atoms with Crippen LogP contribution in [0.15, 0.2) is 24.3 Å². The zero-order valence-electron chi connectivity index (χ0n) is 10.2. The first-order valence-corrected chi connectivity index (χ1v) is 6.04. The van der Waals surface area contributed by atoms with Crippen LogP contribution in [-0.2, 0) is 9.59 Å². The highest BCUT2D eigenvalue weighted by Crippen LogP contribution is 2.20. The summed E-state index contributed by atoms with van der Waals surface area (Å²) < 4.78 is 0. The number of aliphatic hydroxyl groups is 2. The Morgan fingerprint density at radius 1 is 1.16 bits per heavy atom. The van der Waals surface area contributed by atoms with Crippen molar-refractivity contribution in [3.05, 3.63) is 29.3 Å². The molecule has 0 unspecified atom stereocenters. The first kappa shape index (κ1) is 15.4. The van der Waals surface area contributed by atoms with Crippen LogP contribution in [0.2, 0.25) is 5.02 Å². The van der Waals surface area contributed by atoms with E-state index < -0.39 is 11.8 Å². The summed E-state index contributed by atoms with van der Waals surface area (Å²) in [6.07, 6.45) is 0. The third kappa shape index (κ3) is 4.51. The monoisotopic (exact) mass is 286 g/mol. The predicted octanol–water partition coefficient (Wildman–Crippen LogP) is 0.0917. The van der Waals surface area contributed by atoms with Crippen molar-refractivity contribution in [3.63, 3.8) is 0 Å². The number of nitrogens with one attached hydrogen (secondary N) is 1. The molecule has 2 amide bonds. The van der Waals surface area contributed by atoms with E-state index in [1.807, 2.05) is 0 Å². The van der Waals surface area contributed by atoms with Gasteiger partial charge in [-0.15, -0.1) is 0 Å². The molecule has 6 nitrogen and oxygen atoms in total. The summed E-state index contributed by atoms with van der Waals surface area (Å²) in [5, 5.41) is 20.3. The average Bonchev–Trinajstić information content (AvgIpc) is 2.40. The minimum atomic E-state index is -0.866. The van der Waals surface area contributed by atoms with Gasteiger partial charge in [0.1, 0.15) is 0 Å². The summed E-state index contributed by atoms with van der Waals surface area (Å²) in [6, 6.07) is 6.52. The van der Waals surface area contributed by atoms with Crippen LogP contribution in [0.25, 0.3) is 0 Å². The lowest BCUT2D eigenvalue weighted by molar-refractivity contribution is -0.143. The molecule has 3 N–H and O–H groups in total. The standard InChI is InChI=1S/C12H15ClN2O4/c13-9-3-1-2-4-10(9)14-11(18)12(19)15(5-7-16)6-8-17/h1-4,16-17H,5-8H2,(H,14,18). The van der Waals surface area contributed by atoms with Gasteiger partial charge >= 0.3 is 11.8 Å². The zero-order chi connectivity index (χ0) is 14.3. The minimum absolute atomic E-state index is 0.0185. The van der Waals surface area contributed by atoms with Crippen molar-refractivity contribution < 1.29 is 19.8 Å². The van der Waals surface area contributed by atoms with Crippen LogP contribution >= 0.6 is 11.6 Å². The van der Waals surface area contributed by atoms with Crippen molar-refractivity contribution in [2.75, 3.05) is 31.6 Å². The molecule has 0 heterocycles. The number of carbonyl (C=O) groups excluding carboxylic acids is 2. The van der Waals surface area contributed by atoms with E-state index in [9.17, 15) is 9.59 Å². The maximum absolute atomic E-state index is 11.8. The Morgan fingerprint density at radius 2 is 1.74 bits per heavy atom. The molecular formula is C12H15ClN2O4. The summed E-state index contributed by atoms with van der Waals surface area (Å²) in [4.78, 5) is 24.6. The summed E-state index contributed by atoms with van der Waals surface area (Å²) in [7, 11) is 0. The second kappa shape index (κ2) is 7.73. The number of nitrogens with zero attached hydrogens (tertiary/aromatic N) is 1. The number of hydrogen-bond acceptors (Lipinski definition) is 4. The highest BCUT2D eigenvalue weighted by Gasteiger charge is 2.21. The van der Waals surface area contributed by atoms with Crippen LogP contribution in [-0.4, -0.2) is 53.2 Å². The fraction of sp³-hybridized carbons (Fsp3) is 0.333. The molecule has 0 saturated carbocycles. The van der Waals surface area contributed by atoms with Gasteiger partial charge in [-0.05, 0) is 12.1 Å². The van der Waals surface area contributed by atoms with Gasteiger partial charge in [0.25, 0.3) is 0 Å². The summed E-state index contributed by atoms with van der Waals surface area (Å²) >= 11 is 5.86. The zero-order valence-corrected chi connectivity index (χ0v) is 10.9. The van der Waals surface area contributed by atoms with Gasteiger partial charge in [0.2, 0.25) is 0 Å². The van der Waals surface area contributed by atoms with Crippen molar-refractivity contribution in [1.29, 1.82) is 0 Å². The van der Waals surface area contributed by atoms with Crippen molar-refractivity contribution in [1.82, 2.24) is 4.90 Å². The Hall–Kier alpha value is -1.63. The molecule has 0 aliphatic rings. The van der Waals surface area contributed by atoms with Crippen LogP contribution in [0.4, 0.5) is 5.69 Å². The molecule has 104 valence electrons. The summed E-state index contributed by atoms with van der Waals surface area (Å²) in [5.41, 5.74) is 0.329. The number of anilines is 1. The number of aliphatic hydroxyl groups excluding tert-OH is 2. The second-order valence-corrected chi connectivity index (χ2v) is 4.08. The molecule has 1 aromatic carbocycles. The van der Waals surface area contributed by atoms with Gasteiger partial charge < -0.3 is 20.4 Å². The Kier molecular flexibility index (Phi) is 6.27. The topological polar surface area (TPSA) is 89.9 Å². The van der Waals surface area contributed by atoms with E-state index in [2.05, 4.69) is 5.32 Å². The number of para-hydroxylation sites is 1. The molecule has 19 heavy (non-hydrogen) atoms. The average molecular weight is 287 g/mol. The van der Waals surface area contributed by atoms with Crippen molar-refractivity contribution in [3.8, 4) is 0 Å². The molecule has 0 fully saturated rings. The highest BCUT2D eigenvalue weighted by molar-refractivity contribution is 6.41. The van der Waals surface area contributed by atoms with E-state index in [4.69, 9.17) is 21.8 Å². The minimum Gasteiger partial charge on any atom is -0.395 e. The van der Waals surface area contributed by atoms with Crippen LogP contribution in [0.1, 0.15) is 0 Å². The van der Waals surface area contributed by atoms with E-state index in [0.29, 0.717) is 10.7 Å². The van der Waals surface area contributed by atoms with Crippen LogP contribution in [0.5, 0.6) is 0 Å². The summed E-state index contributed by atoms with van der Waals surface area (Å²) in [5.74, 6) is -1.70. The summed E-state index contributed by atoms with van der Waals surface area (Å²) in [6.45, 7) is -0.610. The van der Waals surface area contributed by atoms with Gasteiger partial charge in [-0.3, -0.25) is 9.59 Å². The lowest BCUT2D eigenvalue weighted by atomic mass is 10.3. The third-order valence-corrected chi connectivity index (χ3v) is 2.67. The first-order valence-electron chi connectivity index (χ1n) is 5.66. The van der Waals surface area contributed by atoms with Gasteiger partial charge in [-0.25, -0.2) is 0 Å². The number of benzene rings is 1. The molecule has 7 heteroatoms. The smallest absolute Gasteiger partial charge is 0.313 e. The molecule has 1 rings (SSSR count). The number of halogens is 1. The number of hydrogen-bond donors (Lipinski definition) is 3. The first-order chi connectivity index (χ1) is 9.10. The van der Waals surface area contributed by atoms with Crippen LogP contribution in [0, 0.1) is 0 Å². The number of carbonyl (C=O) groups is 2. The van der Waals surface area contributed by atoms with Crippen LogP contribution in [0.3, 0.4) is 0 Å². The van der Waals surface area contributed by atoms with Gasteiger partial charge in [0, 0.05) is 13.1 Å². The number of amides is 2. The van der Waals surface area contributed by atoms with E-state index in [1.165, 1.54) is 0 Å². The van der Waals surface area contributed by atoms with Crippen molar-refractivity contribution in [2.45, 2.75) is 0 Å². The van der Waals surface area contributed by atoms with Gasteiger partial charge in [0.15, 0.2) is 0 Å². The molecule has 0 spiro atoms. The molecule has 0 bridgehead atoms. The molecule has 0 aromatic heterocycles. The van der Waals surface area contributed by atoms with Gasteiger partial charge in [-0.1, -0.05) is 23.7 Å². The van der Waals surface area contributed by atoms with Gasteiger partial charge in [0.05, 0.1) is 23.9 Å². The normalized spacial score (nSPS) is 10.1. The lowest BCUT2D eigenvalue weighted by Gasteiger charge is -2.19. The Balaban J connectivity index is 2.71. The fourth-order valence-electron chi connectivity index (χ4n) is 1.44. The van der Waals surface area contributed by atoms with E-state index >= 15 is 0 Å². The second-order valence-electron chi connectivity index (χ2n) is 3.67. The third-order valence-electron chi connectivity index (χ3n) is 2.34. The molecule has 1 aromatic rings. The Morgan fingerprint density at radius 3 is 2.26 bits per heavy atom. The molecule has 0 aliphatic heterocycles.